The van der Waals surface area contributed by atoms with Crippen molar-refractivity contribution >= 4 is 17.5 Å². The van der Waals surface area contributed by atoms with E-state index in [1.807, 2.05) is 18.2 Å². The highest BCUT2D eigenvalue weighted by Crippen LogP contribution is 2.23. The Morgan fingerprint density at radius 2 is 1.86 bits per heavy atom. The van der Waals surface area contributed by atoms with Crippen LogP contribution in [0.25, 0.3) is 0 Å². The number of carbonyl (C=O) groups excluding carboxylic acids is 2. The van der Waals surface area contributed by atoms with Crippen LogP contribution in [0.2, 0.25) is 0 Å². The van der Waals surface area contributed by atoms with E-state index >= 15 is 0 Å². The number of amides is 2. The lowest BCUT2D eigenvalue weighted by molar-refractivity contribution is -0.136. The number of anilines is 1. The first kappa shape index (κ1) is 19.7. The van der Waals surface area contributed by atoms with Crippen LogP contribution < -0.4 is 14.8 Å². The van der Waals surface area contributed by atoms with Crippen molar-refractivity contribution in [1.29, 1.82) is 0 Å². The first-order chi connectivity index (χ1) is 13.6. The maximum Gasteiger partial charge on any atom is 0.260 e. The van der Waals surface area contributed by atoms with E-state index in [4.69, 9.17) is 9.47 Å². The number of benzene rings is 2. The number of para-hydroxylation sites is 1. The van der Waals surface area contributed by atoms with Gasteiger partial charge < -0.3 is 19.7 Å². The van der Waals surface area contributed by atoms with Crippen LogP contribution in [0.15, 0.2) is 48.5 Å². The standard InChI is InChI=1S/C21H23FN2O4/c1-27-19-8-7-16(13-18(19)22)23-21(26)15-9-11-24(12-10-15)20(25)14-28-17-5-3-2-4-6-17/h2-8,13,15H,9-12,14H2,1H3,(H,23,26). The molecule has 28 heavy (non-hydrogen) atoms. The summed E-state index contributed by atoms with van der Waals surface area (Å²) in [6.07, 6.45) is 1.11. The average Bonchev–Trinajstić information content (AvgIpc) is 2.73. The molecule has 1 fully saturated rings. The molecule has 0 saturated carbocycles. The normalized spacial score (nSPS) is 14.4. The van der Waals surface area contributed by atoms with E-state index in [0.29, 0.717) is 37.4 Å². The minimum absolute atomic E-state index is 0.0218. The molecule has 2 aromatic rings. The van der Waals surface area contributed by atoms with Gasteiger partial charge in [-0.15, -0.1) is 0 Å². The highest BCUT2D eigenvalue weighted by molar-refractivity contribution is 5.92. The molecule has 148 valence electrons. The van der Waals surface area contributed by atoms with Crippen molar-refractivity contribution in [2.75, 3.05) is 32.1 Å². The number of ether oxygens (including phenoxy) is 2. The number of piperidine rings is 1. The Morgan fingerprint density at radius 1 is 1.14 bits per heavy atom. The number of carbonyl (C=O) groups is 2. The maximum atomic E-state index is 13.7. The summed E-state index contributed by atoms with van der Waals surface area (Å²) in [7, 11) is 1.39. The molecule has 0 atom stereocenters. The monoisotopic (exact) mass is 386 g/mol. The fourth-order valence-electron chi connectivity index (χ4n) is 3.13. The van der Waals surface area contributed by atoms with E-state index in [0.717, 1.165) is 0 Å². The summed E-state index contributed by atoms with van der Waals surface area (Å²) < 4.78 is 24.1. The quantitative estimate of drug-likeness (QED) is 0.829. The molecule has 1 heterocycles. The van der Waals surface area contributed by atoms with E-state index in [1.54, 1.807) is 23.1 Å². The first-order valence-electron chi connectivity index (χ1n) is 9.17. The number of rotatable bonds is 6. The second-order valence-electron chi connectivity index (χ2n) is 6.60. The Hall–Kier alpha value is -3.09. The molecule has 2 aromatic carbocycles. The highest BCUT2D eigenvalue weighted by atomic mass is 19.1. The number of nitrogens with zero attached hydrogens (tertiary/aromatic N) is 1. The van der Waals surface area contributed by atoms with Crippen LogP contribution in [0.1, 0.15) is 12.8 Å². The van der Waals surface area contributed by atoms with Crippen molar-refractivity contribution in [2.24, 2.45) is 5.92 Å². The molecule has 0 aliphatic carbocycles. The van der Waals surface area contributed by atoms with Gasteiger partial charge in [0.15, 0.2) is 18.2 Å². The smallest absolute Gasteiger partial charge is 0.260 e. The van der Waals surface area contributed by atoms with E-state index in [1.165, 1.54) is 19.2 Å². The average molecular weight is 386 g/mol. The van der Waals surface area contributed by atoms with Crippen molar-refractivity contribution in [3.05, 3.63) is 54.3 Å². The van der Waals surface area contributed by atoms with Gasteiger partial charge in [0.1, 0.15) is 5.75 Å². The Bertz CT molecular complexity index is 820. The van der Waals surface area contributed by atoms with Gasteiger partial charge in [0, 0.05) is 30.8 Å². The molecule has 1 aliphatic rings. The molecule has 1 N–H and O–H groups in total. The summed E-state index contributed by atoms with van der Waals surface area (Å²) in [5.41, 5.74) is 0.387. The third-order valence-electron chi connectivity index (χ3n) is 4.74. The maximum absolute atomic E-state index is 13.7. The zero-order chi connectivity index (χ0) is 19.9. The van der Waals surface area contributed by atoms with Crippen LogP contribution in [0.3, 0.4) is 0 Å². The number of hydrogen-bond acceptors (Lipinski definition) is 4. The largest absolute Gasteiger partial charge is 0.494 e. The number of halogens is 1. The van der Waals surface area contributed by atoms with Gasteiger partial charge >= 0.3 is 0 Å². The van der Waals surface area contributed by atoms with Crippen molar-refractivity contribution in [1.82, 2.24) is 4.90 Å². The van der Waals surface area contributed by atoms with Gasteiger partial charge in [0.2, 0.25) is 5.91 Å². The molecule has 3 rings (SSSR count). The predicted molar refractivity (Wildman–Crippen MR) is 103 cm³/mol. The molecule has 7 heteroatoms. The molecule has 0 radical (unpaired) electrons. The summed E-state index contributed by atoms with van der Waals surface area (Å²) in [6, 6.07) is 13.5. The summed E-state index contributed by atoms with van der Waals surface area (Å²) >= 11 is 0. The number of methoxy groups -OCH3 is 1. The Balaban J connectivity index is 1.45. The molecular formula is C21H23FN2O4. The molecule has 1 aliphatic heterocycles. The molecule has 0 aromatic heterocycles. The summed E-state index contributed by atoms with van der Waals surface area (Å²) in [6.45, 7) is 0.962. The molecule has 1 saturated heterocycles. The fourth-order valence-corrected chi connectivity index (χ4v) is 3.13. The van der Waals surface area contributed by atoms with Crippen molar-refractivity contribution in [3.8, 4) is 11.5 Å². The molecule has 0 bridgehead atoms. The number of likely N-dealkylation sites (tertiary alicyclic amines) is 1. The SMILES string of the molecule is COc1ccc(NC(=O)C2CCN(C(=O)COc3ccccc3)CC2)cc1F. The van der Waals surface area contributed by atoms with Crippen molar-refractivity contribution in [3.63, 3.8) is 0 Å². The van der Waals surface area contributed by atoms with Crippen LogP contribution >= 0.6 is 0 Å². The van der Waals surface area contributed by atoms with Gasteiger partial charge in [-0.25, -0.2) is 4.39 Å². The molecule has 2 amide bonds. The molecule has 6 nitrogen and oxygen atoms in total. The lowest BCUT2D eigenvalue weighted by atomic mass is 9.95. The summed E-state index contributed by atoms with van der Waals surface area (Å²) in [5.74, 6) is -0.236. The third-order valence-corrected chi connectivity index (χ3v) is 4.74. The second-order valence-corrected chi connectivity index (χ2v) is 6.60. The van der Waals surface area contributed by atoms with Crippen LogP contribution in [0, 0.1) is 11.7 Å². The van der Waals surface area contributed by atoms with Crippen molar-refractivity contribution in [2.45, 2.75) is 12.8 Å². The van der Waals surface area contributed by atoms with Crippen LogP contribution in [0.4, 0.5) is 10.1 Å². The molecular weight excluding hydrogens is 363 g/mol. The van der Waals surface area contributed by atoms with Crippen LogP contribution in [0.5, 0.6) is 11.5 Å². The highest BCUT2D eigenvalue weighted by Gasteiger charge is 2.27. The lowest BCUT2D eigenvalue weighted by Crippen LogP contribution is -2.43. The van der Waals surface area contributed by atoms with Gasteiger partial charge in [-0.05, 0) is 37.1 Å². The minimum atomic E-state index is -0.529. The Morgan fingerprint density at radius 3 is 2.50 bits per heavy atom. The van der Waals surface area contributed by atoms with Gasteiger partial charge in [-0.2, -0.15) is 0 Å². The van der Waals surface area contributed by atoms with E-state index in [-0.39, 0.29) is 30.1 Å². The zero-order valence-corrected chi connectivity index (χ0v) is 15.7. The predicted octanol–water partition coefficient (Wildman–Crippen LogP) is 3.09. The number of hydrogen-bond donors (Lipinski definition) is 1. The lowest BCUT2D eigenvalue weighted by Gasteiger charge is -2.31. The van der Waals surface area contributed by atoms with Crippen LogP contribution in [-0.4, -0.2) is 43.5 Å². The molecule has 0 unspecified atom stereocenters. The number of nitrogens with one attached hydrogen (secondary N) is 1. The van der Waals surface area contributed by atoms with E-state index < -0.39 is 5.82 Å². The topological polar surface area (TPSA) is 67.9 Å². The zero-order valence-electron chi connectivity index (χ0n) is 15.7. The van der Waals surface area contributed by atoms with Gasteiger partial charge in [-0.3, -0.25) is 9.59 Å². The van der Waals surface area contributed by atoms with Crippen molar-refractivity contribution < 1.29 is 23.5 Å². The van der Waals surface area contributed by atoms with E-state index in [9.17, 15) is 14.0 Å². The molecule has 0 spiro atoms. The van der Waals surface area contributed by atoms with Gasteiger partial charge in [0.25, 0.3) is 5.91 Å². The Kier molecular flexibility index (Phi) is 6.47. The van der Waals surface area contributed by atoms with E-state index in [2.05, 4.69) is 5.32 Å². The minimum Gasteiger partial charge on any atom is -0.494 e. The fraction of sp³-hybridized carbons (Fsp3) is 0.333. The summed E-state index contributed by atoms with van der Waals surface area (Å²) in [5, 5.41) is 2.73. The first-order valence-corrected chi connectivity index (χ1v) is 9.17. The third kappa shape index (κ3) is 5.00. The Labute approximate surface area is 163 Å². The van der Waals surface area contributed by atoms with Crippen LogP contribution in [-0.2, 0) is 9.59 Å². The van der Waals surface area contributed by atoms with Gasteiger partial charge in [-0.1, -0.05) is 18.2 Å². The summed E-state index contributed by atoms with van der Waals surface area (Å²) in [4.78, 5) is 26.4. The second kappa shape index (κ2) is 9.21. The van der Waals surface area contributed by atoms with Gasteiger partial charge in [0.05, 0.1) is 7.11 Å².